The monoisotopic (exact) mass is 234 g/mol. The fraction of sp³-hybridized carbons (Fsp3) is 0.667. The molecule has 0 fully saturated rings. The summed E-state index contributed by atoms with van der Waals surface area (Å²) in [6.45, 7) is 7.70. The summed E-state index contributed by atoms with van der Waals surface area (Å²) in [6, 6.07) is 4.13. The molecule has 17 heavy (non-hydrogen) atoms. The Hall–Kier alpha value is -1.05. The van der Waals surface area contributed by atoms with Crippen LogP contribution in [0.15, 0.2) is 18.3 Å². The van der Waals surface area contributed by atoms with E-state index >= 15 is 0 Å². The van der Waals surface area contributed by atoms with Gasteiger partial charge in [-0.2, -0.15) is 0 Å². The third kappa shape index (κ3) is 6.98. The first kappa shape index (κ1) is 14.0. The largest absolute Gasteiger partial charge is 0.385 e. The second-order valence-electron chi connectivity index (χ2n) is 5.21. The molecule has 0 aliphatic carbocycles. The number of aryl methyl sites for hydroxylation is 1. The van der Waals surface area contributed by atoms with Crippen molar-refractivity contribution in [1.82, 2.24) is 4.98 Å². The van der Waals surface area contributed by atoms with Crippen LogP contribution in [0.3, 0.4) is 0 Å². The summed E-state index contributed by atoms with van der Waals surface area (Å²) in [6.07, 6.45) is 8.59. The van der Waals surface area contributed by atoms with E-state index in [1.807, 2.05) is 19.2 Å². The van der Waals surface area contributed by atoms with Crippen LogP contribution in [0.2, 0.25) is 0 Å². The SMILES string of the molecule is Cc1cc(NCCCCCCC(C)C)ccn1. The number of hydrogen-bond donors (Lipinski definition) is 1. The maximum absolute atomic E-state index is 4.19. The highest BCUT2D eigenvalue weighted by Gasteiger charge is 1.95. The van der Waals surface area contributed by atoms with Gasteiger partial charge in [-0.15, -0.1) is 0 Å². The van der Waals surface area contributed by atoms with Gasteiger partial charge in [-0.25, -0.2) is 0 Å². The molecule has 1 aromatic heterocycles. The first-order valence-corrected chi connectivity index (χ1v) is 6.85. The highest BCUT2D eigenvalue weighted by molar-refractivity contribution is 5.42. The van der Waals surface area contributed by atoms with Gasteiger partial charge in [0, 0.05) is 24.1 Å². The Kier molecular flexibility index (Phi) is 6.68. The van der Waals surface area contributed by atoms with E-state index in [-0.39, 0.29) is 0 Å². The first-order chi connectivity index (χ1) is 8.18. The number of nitrogens with one attached hydrogen (secondary N) is 1. The van der Waals surface area contributed by atoms with E-state index in [2.05, 4.69) is 30.2 Å². The standard InChI is InChI=1S/C15H26N2/c1-13(2)8-6-4-5-7-10-17-15-9-11-16-14(3)12-15/h9,11-13H,4-8,10H2,1-3H3,(H,16,17). The van der Waals surface area contributed by atoms with Crippen LogP contribution in [-0.2, 0) is 0 Å². The van der Waals surface area contributed by atoms with Crippen molar-refractivity contribution in [3.8, 4) is 0 Å². The van der Waals surface area contributed by atoms with Crippen molar-refractivity contribution in [3.63, 3.8) is 0 Å². The molecule has 0 saturated heterocycles. The Labute approximate surface area is 106 Å². The Bertz CT molecular complexity index is 308. The quantitative estimate of drug-likeness (QED) is 0.674. The summed E-state index contributed by atoms with van der Waals surface area (Å²) in [5.74, 6) is 0.855. The van der Waals surface area contributed by atoms with Gasteiger partial charge in [0.05, 0.1) is 0 Å². The number of pyridine rings is 1. The minimum Gasteiger partial charge on any atom is -0.385 e. The molecule has 1 aromatic rings. The Morgan fingerprint density at radius 2 is 1.94 bits per heavy atom. The third-order valence-electron chi connectivity index (χ3n) is 2.93. The third-order valence-corrected chi connectivity index (χ3v) is 2.93. The molecule has 0 aromatic carbocycles. The lowest BCUT2D eigenvalue weighted by Crippen LogP contribution is -2.01. The minimum absolute atomic E-state index is 0.855. The van der Waals surface area contributed by atoms with E-state index in [0.29, 0.717) is 0 Å². The number of anilines is 1. The summed E-state index contributed by atoms with van der Waals surface area (Å²) < 4.78 is 0. The van der Waals surface area contributed by atoms with Gasteiger partial charge in [-0.05, 0) is 31.4 Å². The van der Waals surface area contributed by atoms with Gasteiger partial charge in [0.2, 0.25) is 0 Å². The summed E-state index contributed by atoms with van der Waals surface area (Å²) >= 11 is 0. The minimum atomic E-state index is 0.855. The smallest absolute Gasteiger partial charge is 0.0393 e. The van der Waals surface area contributed by atoms with Crippen molar-refractivity contribution in [2.45, 2.75) is 52.9 Å². The lowest BCUT2D eigenvalue weighted by molar-refractivity contribution is 0.523. The summed E-state index contributed by atoms with van der Waals surface area (Å²) in [5.41, 5.74) is 2.27. The maximum Gasteiger partial charge on any atom is 0.0393 e. The zero-order valence-electron chi connectivity index (χ0n) is 11.5. The molecule has 1 heterocycles. The molecule has 0 bridgehead atoms. The summed E-state index contributed by atoms with van der Waals surface area (Å²) in [7, 11) is 0. The Morgan fingerprint density at radius 3 is 2.65 bits per heavy atom. The van der Waals surface area contributed by atoms with Crippen LogP contribution in [0.5, 0.6) is 0 Å². The van der Waals surface area contributed by atoms with Gasteiger partial charge in [0.15, 0.2) is 0 Å². The average Bonchev–Trinajstić information content (AvgIpc) is 2.27. The van der Waals surface area contributed by atoms with Crippen LogP contribution in [-0.4, -0.2) is 11.5 Å². The van der Waals surface area contributed by atoms with Gasteiger partial charge in [0.1, 0.15) is 0 Å². The fourth-order valence-electron chi connectivity index (χ4n) is 1.92. The number of unbranched alkanes of at least 4 members (excludes halogenated alkanes) is 3. The molecule has 1 N–H and O–H groups in total. The Morgan fingerprint density at radius 1 is 1.18 bits per heavy atom. The summed E-state index contributed by atoms with van der Waals surface area (Å²) in [5, 5.41) is 3.45. The zero-order chi connectivity index (χ0) is 12.5. The van der Waals surface area contributed by atoms with Crippen LogP contribution >= 0.6 is 0 Å². The molecule has 0 spiro atoms. The van der Waals surface area contributed by atoms with Crippen molar-refractivity contribution < 1.29 is 0 Å². The zero-order valence-corrected chi connectivity index (χ0v) is 11.5. The van der Waals surface area contributed by atoms with Gasteiger partial charge < -0.3 is 5.32 Å². The summed E-state index contributed by atoms with van der Waals surface area (Å²) in [4.78, 5) is 4.19. The highest BCUT2D eigenvalue weighted by atomic mass is 14.9. The van der Waals surface area contributed by atoms with Crippen molar-refractivity contribution in [2.24, 2.45) is 5.92 Å². The first-order valence-electron chi connectivity index (χ1n) is 6.85. The second kappa shape index (κ2) is 8.10. The van der Waals surface area contributed by atoms with Gasteiger partial charge in [-0.3, -0.25) is 4.98 Å². The van der Waals surface area contributed by atoms with Gasteiger partial charge in [0.25, 0.3) is 0 Å². The molecule has 2 heteroatoms. The molecule has 0 unspecified atom stereocenters. The topological polar surface area (TPSA) is 24.9 Å². The molecule has 0 aliphatic rings. The molecular formula is C15H26N2. The van der Waals surface area contributed by atoms with Crippen LogP contribution < -0.4 is 5.32 Å². The van der Waals surface area contributed by atoms with Gasteiger partial charge >= 0.3 is 0 Å². The Balaban J connectivity index is 2.01. The van der Waals surface area contributed by atoms with E-state index in [9.17, 15) is 0 Å². The van der Waals surface area contributed by atoms with Crippen LogP contribution in [0.25, 0.3) is 0 Å². The van der Waals surface area contributed by atoms with E-state index in [4.69, 9.17) is 0 Å². The molecule has 0 atom stereocenters. The van der Waals surface area contributed by atoms with Crippen LogP contribution in [0.1, 0.15) is 51.6 Å². The molecule has 0 aliphatic heterocycles. The average molecular weight is 234 g/mol. The normalized spacial score (nSPS) is 10.8. The van der Waals surface area contributed by atoms with E-state index in [1.165, 1.54) is 37.8 Å². The molecule has 96 valence electrons. The highest BCUT2D eigenvalue weighted by Crippen LogP contribution is 2.10. The second-order valence-corrected chi connectivity index (χ2v) is 5.21. The number of rotatable bonds is 8. The fourth-order valence-corrected chi connectivity index (χ4v) is 1.92. The molecule has 0 saturated carbocycles. The molecule has 0 radical (unpaired) electrons. The molecule has 2 nitrogen and oxygen atoms in total. The predicted molar refractivity (Wildman–Crippen MR) is 75.4 cm³/mol. The molecule has 0 amide bonds. The number of aromatic nitrogens is 1. The number of nitrogens with zero attached hydrogens (tertiary/aromatic N) is 1. The molecular weight excluding hydrogens is 208 g/mol. The van der Waals surface area contributed by atoms with Crippen molar-refractivity contribution in [2.75, 3.05) is 11.9 Å². The van der Waals surface area contributed by atoms with E-state index in [1.54, 1.807) is 0 Å². The van der Waals surface area contributed by atoms with Gasteiger partial charge in [-0.1, -0.05) is 39.5 Å². The predicted octanol–water partition coefficient (Wildman–Crippen LogP) is 4.41. The molecule has 1 rings (SSSR count). The lowest BCUT2D eigenvalue weighted by atomic mass is 10.0. The number of hydrogen-bond acceptors (Lipinski definition) is 2. The van der Waals surface area contributed by atoms with E-state index in [0.717, 1.165) is 18.2 Å². The van der Waals surface area contributed by atoms with E-state index < -0.39 is 0 Å². The lowest BCUT2D eigenvalue weighted by Gasteiger charge is -2.07. The maximum atomic E-state index is 4.19. The van der Waals surface area contributed by atoms with Crippen LogP contribution in [0.4, 0.5) is 5.69 Å². The van der Waals surface area contributed by atoms with Crippen molar-refractivity contribution in [3.05, 3.63) is 24.0 Å². The van der Waals surface area contributed by atoms with Crippen molar-refractivity contribution in [1.29, 1.82) is 0 Å². The van der Waals surface area contributed by atoms with Crippen molar-refractivity contribution >= 4 is 5.69 Å². The van der Waals surface area contributed by atoms with Crippen LogP contribution in [0, 0.1) is 12.8 Å².